The number of fused-ring (bicyclic) bond motifs is 3. The predicted molar refractivity (Wildman–Crippen MR) is 225 cm³/mol. The largest absolute Gasteiger partial charge is 0.254 e. The third-order valence-electron chi connectivity index (χ3n) is 9.83. The van der Waals surface area contributed by atoms with Crippen LogP contribution in [0.3, 0.4) is 0 Å². The highest BCUT2D eigenvalue weighted by Crippen LogP contribution is 2.38. The molecule has 56 heavy (non-hydrogen) atoms. The zero-order chi connectivity index (χ0) is 38.2. The van der Waals surface area contributed by atoms with E-state index in [0.29, 0.717) is 0 Å². The molecule has 0 unspecified atom stereocenters. The van der Waals surface area contributed by atoms with Crippen molar-refractivity contribution < 1.29 is 17.6 Å². The Bertz CT molecular complexity index is 2520. The van der Waals surface area contributed by atoms with Crippen molar-refractivity contribution >= 4 is 69.5 Å². The summed E-state index contributed by atoms with van der Waals surface area (Å²) in [5, 5.41) is 7.95. The van der Waals surface area contributed by atoms with Gasteiger partial charge in [0.2, 0.25) is 0 Å². The molecule has 0 radical (unpaired) electrons. The maximum absolute atomic E-state index is 13.9. The number of aromatic nitrogens is 2. The Kier molecular flexibility index (Phi) is 9.69. The van der Waals surface area contributed by atoms with Gasteiger partial charge < -0.3 is 0 Å². The molecule has 9 rings (SSSR count). The fraction of sp³-hybridized carbons (Fsp3) is 0. The third kappa shape index (κ3) is 6.99. The topological polar surface area (TPSA) is 25.8 Å². The minimum Gasteiger partial charge on any atom is -0.254 e. The van der Waals surface area contributed by atoms with E-state index in [9.17, 15) is 17.6 Å². The van der Waals surface area contributed by atoms with Crippen molar-refractivity contribution in [2.45, 2.75) is 0 Å². The summed E-state index contributed by atoms with van der Waals surface area (Å²) < 4.78 is 55.5. The first-order valence-electron chi connectivity index (χ1n) is 17.9. The summed E-state index contributed by atoms with van der Waals surface area (Å²) in [7, 11) is -2.10. The molecule has 0 N–H and O–H groups in total. The molecule has 270 valence electrons. The molecule has 2 aromatic heterocycles. The second kappa shape index (κ2) is 15.2. The minimum absolute atomic E-state index is 0.300. The number of pyridine rings is 2. The molecule has 0 atom stereocenters. The van der Waals surface area contributed by atoms with E-state index >= 15 is 0 Å². The normalized spacial score (nSPS) is 11.5. The minimum atomic E-state index is -1.05. The molecule has 0 spiro atoms. The van der Waals surface area contributed by atoms with E-state index in [2.05, 4.69) is 60.7 Å². The Hall–Kier alpha value is -6.06. The molecule has 7 aromatic carbocycles. The van der Waals surface area contributed by atoms with E-state index in [4.69, 9.17) is 9.97 Å². The number of hydrogen-bond acceptors (Lipinski definition) is 2. The van der Waals surface area contributed by atoms with E-state index in [1.54, 1.807) is 48.5 Å². The number of rotatable bonds is 8. The van der Waals surface area contributed by atoms with Gasteiger partial charge in [-0.25, -0.2) is 17.6 Å². The van der Waals surface area contributed by atoms with Crippen molar-refractivity contribution in [3.63, 3.8) is 0 Å². The van der Waals surface area contributed by atoms with Crippen LogP contribution in [0.25, 0.3) is 44.1 Å². The molecule has 2 nitrogen and oxygen atoms in total. The summed E-state index contributed by atoms with van der Waals surface area (Å²) in [6.45, 7) is 0. The van der Waals surface area contributed by atoms with Gasteiger partial charge in [-0.3, -0.25) is 9.97 Å². The Morgan fingerprint density at radius 2 is 0.536 bits per heavy atom. The molecule has 0 aliphatic heterocycles. The van der Waals surface area contributed by atoms with E-state index in [-0.39, 0.29) is 23.3 Å². The standard InChI is InChI=1S/C48H30F4N2P2/c49-33-5-17-39(18-6-33)55(40-19-7-34(50)8-20-40)37-13-1-31(2-14-37)43-27-29-53-47-45(43)25-26-46-44(28-30-54-48(46)47)32-3-15-38(16-4-32)56(41-21-9-35(51)10-22-41)42-23-11-36(52)12-24-42/h1-30H. The van der Waals surface area contributed by atoms with Crippen LogP contribution in [0.15, 0.2) is 182 Å². The summed E-state index contributed by atoms with van der Waals surface area (Å²) in [5.41, 5.74) is 5.64. The van der Waals surface area contributed by atoms with Gasteiger partial charge in [-0.1, -0.05) is 109 Å². The van der Waals surface area contributed by atoms with Gasteiger partial charge in [-0.15, -0.1) is 0 Å². The molecule has 0 bridgehead atoms. The maximum Gasteiger partial charge on any atom is 0.123 e. The van der Waals surface area contributed by atoms with Crippen LogP contribution < -0.4 is 31.8 Å². The van der Waals surface area contributed by atoms with Crippen LogP contribution in [0.5, 0.6) is 0 Å². The molecule has 0 aliphatic carbocycles. The van der Waals surface area contributed by atoms with Gasteiger partial charge in [-0.05, 0) is 131 Å². The van der Waals surface area contributed by atoms with Crippen LogP contribution in [-0.4, -0.2) is 9.97 Å². The van der Waals surface area contributed by atoms with E-state index < -0.39 is 15.8 Å². The van der Waals surface area contributed by atoms with Gasteiger partial charge in [0.1, 0.15) is 23.3 Å². The van der Waals surface area contributed by atoms with Crippen molar-refractivity contribution in [1.29, 1.82) is 0 Å². The highest BCUT2D eigenvalue weighted by Gasteiger charge is 2.20. The van der Waals surface area contributed by atoms with E-state index in [0.717, 1.165) is 75.9 Å². The average Bonchev–Trinajstić information content (AvgIpc) is 3.24. The molecular formula is C48H30F4N2P2. The maximum atomic E-state index is 13.9. The van der Waals surface area contributed by atoms with Gasteiger partial charge in [0.05, 0.1) is 11.0 Å². The van der Waals surface area contributed by atoms with Crippen molar-refractivity contribution in [1.82, 2.24) is 9.97 Å². The Morgan fingerprint density at radius 3 is 0.804 bits per heavy atom. The zero-order valence-corrected chi connectivity index (χ0v) is 31.4. The van der Waals surface area contributed by atoms with Gasteiger partial charge in [0.25, 0.3) is 0 Å². The molecule has 0 amide bonds. The van der Waals surface area contributed by atoms with E-state index in [1.165, 1.54) is 48.5 Å². The average molecular weight is 773 g/mol. The predicted octanol–water partition coefficient (Wildman–Crippen LogP) is 10.2. The highest BCUT2D eigenvalue weighted by atomic mass is 31.1. The molecular weight excluding hydrogens is 742 g/mol. The molecule has 2 heterocycles. The Morgan fingerprint density at radius 1 is 0.286 bits per heavy atom. The molecule has 0 saturated carbocycles. The SMILES string of the molecule is Fc1ccc(P(c2ccc(F)cc2)c2ccc(-c3ccnc4c3ccc3c(-c5ccc(P(c6ccc(F)cc6)c6ccc(F)cc6)cc5)ccnc34)cc2)cc1. The van der Waals surface area contributed by atoms with Crippen molar-refractivity contribution in [3.8, 4) is 22.3 Å². The summed E-state index contributed by atoms with van der Waals surface area (Å²) in [6, 6.07) is 51.1. The monoisotopic (exact) mass is 772 g/mol. The fourth-order valence-corrected chi connectivity index (χ4v) is 11.6. The summed E-state index contributed by atoms with van der Waals surface area (Å²) >= 11 is 0. The summed E-state index contributed by atoms with van der Waals surface area (Å²) in [5.74, 6) is -1.20. The zero-order valence-electron chi connectivity index (χ0n) is 29.6. The first-order chi connectivity index (χ1) is 27.4. The van der Waals surface area contributed by atoms with Crippen molar-refractivity contribution in [3.05, 3.63) is 206 Å². The van der Waals surface area contributed by atoms with Crippen molar-refractivity contribution in [2.24, 2.45) is 0 Å². The lowest BCUT2D eigenvalue weighted by atomic mass is 9.96. The van der Waals surface area contributed by atoms with Gasteiger partial charge in [0, 0.05) is 23.2 Å². The first kappa shape index (κ1) is 35.6. The molecule has 9 aromatic rings. The molecule has 0 fully saturated rings. The van der Waals surface area contributed by atoms with Crippen LogP contribution in [-0.2, 0) is 0 Å². The molecule has 0 saturated heterocycles. The Labute approximate surface area is 323 Å². The summed E-state index contributed by atoms with van der Waals surface area (Å²) in [6.07, 6.45) is 3.62. The van der Waals surface area contributed by atoms with E-state index in [1.807, 2.05) is 24.5 Å². The third-order valence-corrected chi connectivity index (χ3v) is 14.7. The van der Waals surface area contributed by atoms with Crippen LogP contribution in [0, 0.1) is 23.3 Å². The van der Waals surface area contributed by atoms with Crippen molar-refractivity contribution in [2.75, 3.05) is 0 Å². The smallest absolute Gasteiger partial charge is 0.123 e. The highest BCUT2D eigenvalue weighted by molar-refractivity contribution is 7.80. The molecule has 8 heteroatoms. The first-order valence-corrected chi connectivity index (χ1v) is 20.6. The van der Waals surface area contributed by atoms with Gasteiger partial charge in [0.15, 0.2) is 0 Å². The lowest BCUT2D eigenvalue weighted by Gasteiger charge is -2.20. The second-order valence-electron chi connectivity index (χ2n) is 13.2. The van der Waals surface area contributed by atoms with Gasteiger partial charge >= 0.3 is 0 Å². The quantitative estimate of drug-likeness (QED) is 0.0874. The number of hydrogen-bond donors (Lipinski definition) is 0. The lowest BCUT2D eigenvalue weighted by Crippen LogP contribution is -2.20. The van der Waals surface area contributed by atoms with Crippen LogP contribution in [0.4, 0.5) is 17.6 Å². The Balaban J connectivity index is 1.06. The number of nitrogens with zero attached hydrogens (tertiary/aromatic N) is 2. The lowest BCUT2D eigenvalue weighted by molar-refractivity contribution is 0.628. The number of benzene rings is 7. The second-order valence-corrected chi connectivity index (χ2v) is 17.7. The van der Waals surface area contributed by atoms with Crippen LogP contribution in [0.2, 0.25) is 0 Å². The molecule has 0 aliphatic rings. The van der Waals surface area contributed by atoms with Crippen LogP contribution in [0.1, 0.15) is 0 Å². The summed E-state index contributed by atoms with van der Waals surface area (Å²) in [4.78, 5) is 9.63. The fourth-order valence-electron chi connectivity index (χ4n) is 7.17. The van der Waals surface area contributed by atoms with Gasteiger partial charge in [-0.2, -0.15) is 0 Å². The number of halogens is 4. The van der Waals surface area contributed by atoms with Crippen LogP contribution >= 0.6 is 15.8 Å².